The van der Waals surface area contributed by atoms with Crippen LogP contribution in [-0.2, 0) is 4.79 Å². The molecule has 5 nitrogen and oxygen atoms in total. The first-order valence-corrected chi connectivity index (χ1v) is 8.65. The minimum Gasteiger partial charge on any atom is -0.338 e. The van der Waals surface area contributed by atoms with Crippen LogP contribution in [-0.4, -0.2) is 35.8 Å². The lowest BCUT2D eigenvalue weighted by atomic mass is 9.79. The molecule has 1 heterocycles. The predicted molar refractivity (Wildman–Crippen MR) is 104 cm³/mol. The van der Waals surface area contributed by atoms with Crippen molar-refractivity contribution < 1.29 is 9.59 Å². The Morgan fingerprint density at radius 2 is 2.00 bits per heavy atom. The van der Waals surface area contributed by atoms with E-state index in [1.54, 1.807) is 23.1 Å². The van der Waals surface area contributed by atoms with Crippen molar-refractivity contribution in [1.82, 2.24) is 4.90 Å². The van der Waals surface area contributed by atoms with Crippen LogP contribution in [0.2, 0.25) is 5.02 Å². The second-order valence-electron chi connectivity index (χ2n) is 7.45. The van der Waals surface area contributed by atoms with Crippen LogP contribution in [0.5, 0.6) is 0 Å². The van der Waals surface area contributed by atoms with Crippen molar-refractivity contribution in [2.45, 2.75) is 40.2 Å². The summed E-state index contributed by atoms with van der Waals surface area (Å²) in [4.78, 5) is 26.5. The number of nitrogens with two attached hydrogens (primary N) is 1. The quantitative estimate of drug-likeness (QED) is 0.832. The fraction of sp³-hybridized carbons (Fsp3) is 0.556. The Bertz CT molecular complexity index is 647. The molecular weight excluding hydrogens is 361 g/mol. The lowest BCUT2D eigenvalue weighted by Gasteiger charge is -2.42. The molecular formula is C18H27Cl2N3O2. The molecule has 1 aliphatic heterocycles. The Morgan fingerprint density at radius 1 is 1.36 bits per heavy atom. The van der Waals surface area contributed by atoms with E-state index in [1.165, 1.54) is 0 Å². The zero-order valence-corrected chi connectivity index (χ0v) is 16.7. The van der Waals surface area contributed by atoms with E-state index in [-0.39, 0.29) is 41.6 Å². The SMILES string of the molecule is CC(C)C(=O)Nc1ccc(Cl)c(C(=O)N2CCC(N)C(C)(C)C2)c1.Cl. The van der Waals surface area contributed by atoms with E-state index in [9.17, 15) is 9.59 Å². The van der Waals surface area contributed by atoms with E-state index in [4.69, 9.17) is 17.3 Å². The van der Waals surface area contributed by atoms with E-state index in [1.807, 2.05) is 13.8 Å². The summed E-state index contributed by atoms with van der Waals surface area (Å²) in [5.74, 6) is -0.356. The van der Waals surface area contributed by atoms with Crippen LogP contribution in [0.3, 0.4) is 0 Å². The average Bonchev–Trinajstić information content (AvgIpc) is 2.51. The highest BCUT2D eigenvalue weighted by Gasteiger charge is 2.36. The zero-order valence-electron chi connectivity index (χ0n) is 15.1. The van der Waals surface area contributed by atoms with Crippen molar-refractivity contribution in [3.63, 3.8) is 0 Å². The van der Waals surface area contributed by atoms with Crippen LogP contribution in [0.1, 0.15) is 44.5 Å². The van der Waals surface area contributed by atoms with Gasteiger partial charge in [0, 0.05) is 30.7 Å². The molecule has 1 aliphatic rings. The van der Waals surface area contributed by atoms with E-state index >= 15 is 0 Å². The van der Waals surface area contributed by atoms with Crippen molar-refractivity contribution in [3.8, 4) is 0 Å². The fourth-order valence-electron chi connectivity index (χ4n) is 2.77. The lowest BCUT2D eigenvalue weighted by Crippen LogP contribution is -2.54. The molecule has 1 unspecified atom stereocenters. The van der Waals surface area contributed by atoms with E-state index in [2.05, 4.69) is 19.2 Å². The number of halogens is 2. The number of carbonyl (C=O) groups excluding carboxylic acids is 2. The summed E-state index contributed by atoms with van der Waals surface area (Å²) in [6.45, 7) is 8.97. The number of carbonyl (C=O) groups is 2. The summed E-state index contributed by atoms with van der Waals surface area (Å²) >= 11 is 6.22. The van der Waals surface area contributed by atoms with Crippen LogP contribution < -0.4 is 11.1 Å². The molecule has 1 saturated heterocycles. The highest BCUT2D eigenvalue weighted by Crippen LogP contribution is 2.30. The molecule has 0 bridgehead atoms. The summed E-state index contributed by atoms with van der Waals surface area (Å²) < 4.78 is 0. The van der Waals surface area contributed by atoms with Crippen LogP contribution in [0.25, 0.3) is 0 Å². The second kappa shape index (κ2) is 8.39. The molecule has 0 saturated carbocycles. The van der Waals surface area contributed by atoms with E-state index in [0.29, 0.717) is 29.4 Å². The highest BCUT2D eigenvalue weighted by atomic mass is 35.5. The molecule has 1 aromatic carbocycles. The molecule has 3 N–H and O–H groups in total. The molecule has 2 amide bonds. The van der Waals surface area contributed by atoms with Gasteiger partial charge in [0.15, 0.2) is 0 Å². The molecule has 2 rings (SSSR count). The maximum atomic E-state index is 12.9. The number of rotatable bonds is 3. The number of hydrogen-bond acceptors (Lipinski definition) is 3. The van der Waals surface area contributed by atoms with Gasteiger partial charge in [-0.05, 0) is 30.0 Å². The Labute approximate surface area is 160 Å². The van der Waals surface area contributed by atoms with Gasteiger partial charge in [0.05, 0.1) is 10.6 Å². The van der Waals surface area contributed by atoms with Crippen molar-refractivity contribution in [3.05, 3.63) is 28.8 Å². The van der Waals surface area contributed by atoms with Crippen LogP contribution in [0, 0.1) is 11.3 Å². The first-order valence-electron chi connectivity index (χ1n) is 8.27. The Hall–Kier alpha value is -1.30. The first-order chi connectivity index (χ1) is 11.1. The Balaban J connectivity index is 0.00000312. The van der Waals surface area contributed by atoms with Crippen LogP contribution >= 0.6 is 24.0 Å². The molecule has 1 aromatic rings. The second-order valence-corrected chi connectivity index (χ2v) is 7.86. The number of amides is 2. The molecule has 7 heteroatoms. The fourth-order valence-corrected chi connectivity index (χ4v) is 2.97. The summed E-state index contributed by atoms with van der Waals surface area (Å²) in [7, 11) is 0. The number of piperidine rings is 1. The Morgan fingerprint density at radius 3 is 2.56 bits per heavy atom. The number of nitrogens with zero attached hydrogens (tertiary/aromatic N) is 1. The molecule has 0 aromatic heterocycles. The maximum absolute atomic E-state index is 12.9. The summed E-state index contributed by atoms with van der Waals surface area (Å²) in [5.41, 5.74) is 6.99. The van der Waals surface area contributed by atoms with Gasteiger partial charge in [0.1, 0.15) is 0 Å². The van der Waals surface area contributed by atoms with Gasteiger partial charge in [-0.15, -0.1) is 12.4 Å². The van der Waals surface area contributed by atoms with Gasteiger partial charge in [-0.25, -0.2) is 0 Å². The molecule has 0 radical (unpaired) electrons. The van der Waals surface area contributed by atoms with Gasteiger partial charge in [0.25, 0.3) is 5.91 Å². The summed E-state index contributed by atoms with van der Waals surface area (Å²) in [6, 6.07) is 5.07. The predicted octanol–water partition coefficient (Wildman–Crippen LogP) is 3.56. The number of hydrogen-bond donors (Lipinski definition) is 2. The van der Waals surface area contributed by atoms with Gasteiger partial charge in [-0.3, -0.25) is 9.59 Å². The van der Waals surface area contributed by atoms with Crippen molar-refractivity contribution >= 4 is 41.5 Å². The Kier molecular flexibility index (Phi) is 7.29. The van der Waals surface area contributed by atoms with Crippen LogP contribution in [0.4, 0.5) is 5.69 Å². The van der Waals surface area contributed by atoms with Gasteiger partial charge in [-0.2, -0.15) is 0 Å². The molecule has 1 fully saturated rings. The number of benzene rings is 1. The minimum absolute atomic E-state index is 0. The van der Waals surface area contributed by atoms with E-state index < -0.39 is 0 Å². The van der Waals surface area contributed by atoms with Gasteiger partial charge >= 0.3 is 0 Å². The summed E-state index contributed by atoms with van der Waals surface area (Å²) in [6.07, 6.45) is 0.764. The first kappa shape index (κ1) is 21.7. The number of anilines is 1. The van der Waals surface area contributed by atoms with Crippen molar-refractivity contribution in [1.29, 1.82) is 0 Å². The normalized spacial score (nSPS) is 19.3. The largest absolute Gasteiger partial charge is 0.338 e. The highest BCUT2D eigenvalue weighted by molar-refractivity contribution is 6.34. The van der Waals surface area contributed by atoms with E-state index in [0.717, 1.165) is 6.42 Å². The van der Waals surface area contributed by atoms with Gasteiger partial charge in [-0.1, -0.05) is 39.3 Å². The third-order valence-corrected chi connectivity index (χ3v) is 4.92. The van der Waals surface area contributed by atoms with Crippen molar-refractivity contribution in [2.75, 3.05) is 18.4 Å². The molecule has 1 atom stereocenters. The smallest absolute Gasteiger partial charge is 0.255 e. The molecule has 0 aliphatic carbocycles. The standard InChI is InChI=1S/C18H26ClN3O2.ClH/c1-11(2)16(23)21-12-5-6-14(19)13(9-12)17(24)22-8-7-15(20)18(3,4)10-22;/h5-6,9,11,15H,7-8,10,20H2,1-4H3,(H,21,23);1H. The minimum atomic E-state index is -0.135. The lowest BCUT2D eigenvalue weighted by molar-refractivity contribution is -0.118. The number of nitrogens with one attached hydrogen (secondary N) is 1. The van der Waals surface area contributed by atoms with Gasteiger partial charge < -0.3 is 16.0 Å². The third-order valence-electron chi connectivity index (χ3n) is 4.59. The molecule has 140 valence electrons. The van der Waals surface area contributed by atoms with Gasteiger partial charge in [0.2, 0.25) is 5.91 Å². The molecule has 25 heavy (non-hydrogen) atoms. The van der Waals surface area contributed by atoms with Crippen molar-refractivity contribution in [2.24, 2.45) is 17.1 Å². The topological polar surface area (TPSA) is 75.4 Å². The monoisotopic (exact) mass is 387 g/mol. The number of likely N-dealkylation sites (tertiary alicyclic amines) is 1. The summed E-state index contributed by atoms with van der Waals surface area (Å²) in [5, 5.41) is 3.19. The maximum Gasteiger partial charge on any atom is 0.255 e. The average molecular weight is 388 g/mol. The van der Waals surface area contributed by atoms with Crippen LogP contribution in [0.15, 0.2) is 18.2 Å². The third kappa shape index (κ3) is 5.09. The zero-order chi connectivity index (χ0) is 18.1. The molecule has 0 spiro atoms.